The number of piperidine rings is 3. The van der Waals surface area contributed by atoms with Crippen LogP contribution in [-0.4, -0.2) is 148 Å². The molecule has 4 N–H and O–H groups in total. The first kappa shape index (κ1) is 78.7. The number of ether oxygens (including phenoxy) is 5. The number of fused-ring (bicyclic) bond motifs is 3. The Morgan fingerprint density at radius 2 is 0.842 bits per heavy atom. The van der Waals surface area contributed by atoms with Gasteiger partial charge in [0, 0.05) is 117 Å². The van der Waals surface area contributed by atoms with Crippen molar-refractivity contribution in [3.05, 3.63) is 143 Å². The van der Waals surface area contributed by atoms with Gasteiger partial charge in [-0.25, -0.2) is 34.5 Å². The van der Waals surface area contributed by atoms with E-state index in [1.165, 1.54) is 46.2 Å². The second-order valence-electron chi connectivity index (χ2n) is 30.1. The Morgan fingerprint density at radius 1 is 0.505 bits per heavy atom. The number of carbonyl (C=O) groups excluding carboxylic acids is 2. The van der Waals surface area contributed by atoms with Gasteiger partial charge >= 0.3 is 41.7 Å². The first-order valence-electron chi connectivity index (χ1n) is 35.8. The van der Waals surface area contributed by atoms with Crippen molar-refractivity contribution in [1.29, 1.82) is 0 Å². The number of nitrogens with two attached hydrogens (primary N) is 1. The van der Waals surface area contributed by atoms with Crippen LogP contribution in [-0.2, 0) is 55.6 Å². The minimum atomic E-state index is -0.521. The second-order valence-corrected chi connectivity index (χ2v) is 34.5. The molecule has 15 rings (SSSR count). The maximum Gasteiger partial charge on any atom is 1.00 e. The SMILES string of the molecule is BrC1CCOCC1.C.CC(C)(C)OC(=O)N[C@@H]1c2ccccc2CC12CCN(c1cnc(SC3CCOCC3)cn1)CC2.CC(C)(C)OC(=O)N[C@@H]1c2ccccc2CC12CCN(c1cnc([S-])cn1)CC2.N[C@@H]1c2ccccc2CC12CCN(c1cnc(SC3CCOCC3)cn1)CC2.[Na+]. The van der Waals surface area contributed by atoms with Gasteiger partial charge in [0.2, 0.25) is 0 Å². The standard InChI is InChI=1S/C27H36N4O3S.C22H28N4O2S.C22H28N4OS.C5H9BrO.CH4.Na/c1-26(2,3)34-25(32)30-24-21-7-5-4-6-19(21)16-27(24)10-12-31(13-11-27)22-17-29-23(18-28-22)35-20-8-14-33-15-9-20;1-21(2,3)28-20(27)25-19-16-7-5-4-6-15(16)12-22(19)8-10-26(11-9-22)17-13-24-18(29)14-23-17;23-21-18-4-2-1-3-16(18)13-22(21)7-9-26(10-8-22)19-14-25-20(15-24-19)28-17-5-11-27-12-6-17;6-5-1-3-7-4-2-5;;/h4-7,17-18,20,24H,8-16H2,1-3H3,(H,30,32);4-7,13-14,19H,8-12H2,1-3H3,(H,24,29)(H,25,27);1-4,14-15,17,21H,5-13,23H2;5H,1-4H2;1H4;/q;;;;;+1/p-1/t24-;19-;21-;;;/m111.../s1. The Hall–Kier alpha value is -4.92. The van der Waals surface area contributed by atoms with Gasteiger partial charge in [0.25, 0.3) is 0 Å². The molecule has 0 unspecified atom stereocenters. The van der Waals surface area contributed by atoms with E-state index in [0.717, 1.165) is 195 Å². The smallest absolute Gasteiger partial charge is 0.759 e. The summed E-state index contributed by atoms with van der Waals surface area (Å²) in [7, 11) is 0. The number of hydrogen-bond donors (Lipinski definition) is 3. The van der Waals surface area contributed by atoms with E-state index in [9.17, 15) is 9.59 Å². The molecule has 3 aromatic carbocycles. The van der Waals surface area contributed by atoms with Crippen LogP contribution in [0.5, 0.6) is 0 Å². The number of carbonyl (C=O) groups is 2. The van der Waals surface area contributed by atoms with E-state index in [4.69, 9.17) is 57.0 Å². The fourth-order valence-corrected chi connectivity index (χ4v) is 18.3. The van der Waals surface area contributed by atoms with Crippen LogP contribution in [0.1, 0.15) is 178 Å². The third-order valence-electron chi connectivity index (χ3n) is 21.1. The van der Waals surface area contributed by atoms with E-state index >= 15 is 0 Å². The van der Waals surface area contributed by atoms with Crippen LogP contribution in [0, 0.1) is 16.2 Å². The third kappa shape index (κ3) is 20.4. The van der Waals surface area contributed by atoms with Crippen LogP contribution < -0.4 is 60.6 Å². The average Bonchev–Trinajstić information content (AvgIpc) is 1.62. The predicted molar refractivity (Wildman–Crippen MR) is 404 cm³/mol. The summed E-state index contributed by atoms with van der Waals surface area (Å²) >= 11 is 12.2. The van der Waals surface area contributed by atoms with Crippen molar-refractivity contribution in [3.63, 3.8) is 0 Å². The fraction of sp³-hybridized carbons (Fsp3) is 0.584. The summed E-state index contributed by atoms with van der Waals surface area (Å²) in [4.78, 5) is 60.5. The van der Waals surface area contributed by atoms with Crippen molar-refractivity contribution < 1.29 is 62.8 Å². The maximum absolute atomic E-state index is 12.7. The Kier molecular flexibility index (Phi) is 27.6. The van der Waals surface area contributed by atoms with Gasteiger partial charge in [-0.15, -0.1) is 23.5 Å². The molecule has 3 spiro atoms. The van der Waals surface area contributed by atoms with Crippen LogP contribution in [0.15, 0.2) is 125 Å². The number of amides is 2. The molecule has 6 aliphatic heterocycles. The molecular formula is C77H104BrN12NaO7S3. The van der Waals surface area contributed by atoms with Gasteiger partial charge < -0.3 is 67.4 Å². The molecule has 9 heterocycles. The van der Waals surface area contributed by atoms with E-state index in [0.29, 0.717) is 15.5 Å². The summed E-state index contributed by atoms with van der Waals surface area (Å²) in [5.74, 6) is 2.79. The summed E-state index contributed by atoms with van der Waals surface area (Å²) in [5, 5.41) is 10.1. The molecule has 6 aromatic rings. The molecule has 0 saturated carbocycles. The van der Waals surface area contributed by atoms with Crippen molar-refractivity contribution in [2.75, 3.05) is 93.6 Å². The second kappa shape index (κ2) is 35.4. The van der Waals surface area contributed by atoms with E-state index in [1.54, 1.807) is 12.4 Å². The van der Waals surface area contributed by atoms with E-state index in [-0.39, 0.29) is 83.5 Å². The number of thioether (sulfide) groups is 2. The number of halogens is 1. The molecule has 3 aromatic heterocycles. The molecule has 101 heavy (non-hydrogen) atoms. The van der Waals surface area contributed by atoms with E-state index < -0.39 is 11.2 Å². The molecule has 0 bridgehead atoms. The third-order valence-corrected chi connectivity index (χ3v) is 24.8. The maximum atomic E-state index is 12.7. The Labute approximate surface area is 643 Å². The summed E-state index contributed by atoms with van der Waals surface area (Å²) < 4.78 is 27.2. The Morgan fingerprint density at radius 3 is 1.18 bits per heavy atom. The monoisotopic (exact) mass is 1510 g/mol. The van der Waals surface area contributed by atoms with Gasteiger partial charge in [-0.05, 0) is 177 Å². The van der Waals surface area contributed by atoms with Crippen LogP contribution in [0.3, 0.4) is 0 Å². The van der Waals surface area contributed by atoms with E-state index in [2.05, 4.69) is 123 Å². The average molecular weight is 1510 g/mol. The number of alkyl halides is 1. The molecule has 540 valence electrons. The van der Waals surface area contributed by atoms with Crippen molar-refractivity contribution in [2.45, 2.75) is 205 Å². The largest absolute Gasteiger partial charge is 1.00 e. The van der Waals surface area contributed by atoms with Gasteiger partial charge in [-0.2, -0.15) is 0 Å². The summed E-state index contributed by atoms with van der Waals surface area (Å²) in [5.41, 5.74) is 13.7. The molecule has 3 aliphatic carbocycles. The molecule has 0 radical (unpaired) electrons. The van der Waals surface area contributed by atoms with Gasteiger partial charge in [0.15, 0.2) is 0 Å². The van der Waals surface area contributed by atoms with Crippen molar-refractivity contribution in [2.24, 2.45) is 22.0 Å². The van der Waals surface area contributed by atoms with Crippen LogP contribution in [0.25, 0.3) is 0 Å². The first-order valence-corrected chi connectivity index (χ1v) is 38.9. The van der Waals surface area contributed by atoms with Gasteiger partial charge in [-0.1, -0.05) is 101 Å². The van der Waals surface area contributed by atoms with Crippen molar-refractivity contribution >= 4 is 81.7 Å². The molecule has 24 heteroatoms. The quantitative estimate of drug-likeness (QED) is 0.0696. The number of rotatable bonds is 9. The number of nitrogens with zero attached hydrogens (tertiary/aromatic N) is 9. The molecule has 6 fully saturated rings. The van der Waals surface area contributed by atoms with Crippen molar-refractivity contribution in [1.82, 2.24) is 40.5 Å². The van der Waals surface area contributed by atoms with E-state index in [1.807, 2.05) is 95.9 Å². The molecule has 9 aliphatic rings. The number of benzene rings is 3. The van der Waals surface area contributed by atoms with Crippen LogP contribution in [0.2, 0.25) is 0 Å². The Balaban J connectivity index is 0.000000155. The zero-order chi connectivity index (χ0) is 69.2. The van der Waals surface area contributed by atoms with Crippen LogP contribution in [0.4, 0.5) is 27.0 Å². The van der Waals surface area contributed by atoms with Gasteiger partial charge in [-0.3, -0.25) is 4.98 Å². The predicted octanol–water partition coefficient (Wildman–Crippen LogP) is 11.7. The number of aromatic nitrogens is 6. The zero-order valence-corrected chi connectivity index (χ0v) is 65.5. The first-order chi connectivity index (χ1) is 47.7. The number of hydrogen-bond acceptors (Lipinski definition) is 20. The number of anilines is 3. The fourth-order valence-electron chi connectivity index (χ4n) is 15.8. The Bertz CT molecular complexity index is 3610. The van der Waals surface area contributed by atoms with Crippen molar-refractivity contribution in [3.8, 4) is 0 Å². The minimum absolute atomic E-state index is 0. The van der Waals surface area contributed by atoms with Gasteiger partial charge in [0.1, 0.15) is 38.7 Å². The molecule has 6 saturated heterocycles. The molecule has 3 atom stereocenters. The van der Waals surface area contributed by atoms with Crippen LogP contribution >= 0.6 is 39.5 Å². The minimum Gasteiger partial charge on any atom is -0.759 e. The summed E-state index contributed by atoms with van der Waals surface area (Å²) in [6, 6.07) is 25.7. The zero-order valence-electron chi connectivity index (χ0n) is 59.5. The molecular weight excluding hydrogens is 1400 g/mol. The topological polar surface area (TPSA) is 217 Å². The summed E-state index contributed by atoms with van der Waals surface area (Å²) in [6.45, 7) is 22.2. The van der Waals surface area contributed by atoms with Gasteiger partial charge in [0.05, 0.1) is 43.1 Å². The molecule has 19 nitrogen and oxygen atoms in total. The summed E-state index contributed by atoms with van der Waals surface area (Å²) in [6.07, 6.45) is 26.3. The number of nitrogens with one attached hydrogen (secondary N) is 2. The number of alkyl carbamates (subject to hydrolysis) is 2. The molecule has 2 amide bonds. The normalized spacial score (nSPS) is 22.1.